The number of carbonyl (C=O) groups is 4. The van der Waals surface area contributed by atoms with Gasteiger partial charge < -0.3 is 5.11 Å². The number of nitrogens with zero attached hydrogens (tertiary/aromatic N) is 2. The maximum Gasteiger partial charge on any atom is 0.254 e. The number of halogens is 3. The minimum absolute atomic E-state index is 0.0320. The summed E-state index contributed by atoms with van der Waals surface area (Å²) in [5.74, 6) is -4.41. The van der Waals surface area contributed by atoms with E-state index in [1.54, 1.807) is 25.1 Å². The van der Waals surface area contributed by atoms with Gasteiger partial charge in [-0.15, -0.1) is 23.2 Å². The van der Waals surface area contributed by atoms with Gasteiger partial charge in [-0.2, -0.15) is 0 Å². The lowest BCUT2D eigenvalue weighted by Crippen LogP contribution is -2.60. The highest BCUT2D eigenvalue weighted by Gasteiger charge is 2.76. The number of carbonyl (C=O) groups excluding carboxylic acids is 4. The van der Waals surface area contributed by atoms with Gasteiger partial charge in [0.2, 0.25) is 11.8 Å². The molecule has 38 heavy (non-hydrogen) atoms. The summed E-state index contributed by atoms with van der Waals surface area (Å²) in [5, 5.41) is 11.2. The summed E-state index contributed by atoms with van der Waals surface area (Å²) in [5.41, 5.74) is 1.59. The van der Waals surface area contributed by atoms with Crippen LogP contribution in [0.15, 0.2) is 29.8 Å². The lowest BCUT2D eigenvalue weighted by molar-refractivity contribution is -0.144. The molecule has 0 spiro atoms. The summed E-state index contributed by atoms with van der Waals surface area (Å²) >= 11 is 17.7. The second-order valence-electron chi connectivity index (χ2n) is 11.3. The molecule has 7 nitrogen and oxygen atoms in total. The standard InChI is InChI=1S/C28H29BrCl2N2O5/c1-14-6-5-9-18(22(14)34)21-16-10-11-17-20(24(36)33(23(17)35)15-7-3-2-4-8-15)19(16)12-27(30)25(37)32(13-29)26(38)28(21,27)31/h5-6,9-10,15,17,19-21,34H,2-4,7-8,11-13H2,1H3/t17-,19+,20-,21+,27+,28-/m0/s1. The predicted molar refractivity (Wildman–Crippen MR) is 145 cm³/mol. The highest BCUT2D eigenvalue weighted by atomic mass is 79.9. The second kappa shape index (κ2) is 9.07. The van der Waals surface area contributed by atoms with E-state index in [4.69, 9.17) is 23.2 Å². The number of aryl methyl sites for hydroxylation is 1. The molecule has 202 valence electrons. The van der Waals surface area contributed by atoms with E-state index in [0.29, 0.717) is 23.1 Å². The smallest absolute Gasteiger partial charge is 0.254 e. The predicted octanol–water partition coefficient (Wildman–Crippen LogP) is 4.74. The number of fused-ring (bicyclic) bond motifs is 4. The highest BCUT2D eigenvalue weighted by molar-refractivity contribution is 9.09. The Balaban J connectivity index is 1.51. The lowest BCUT2D eigenvalue weighted by Gasteiger charge is -2.50. The number of hydrogen-bond donors (Lipinski definition) is 1. The maximum atomic E-state index is 14.0. The fraction of sp³-hybridized carbons (Fsp3) is 0.571. The van der Waals surface area contributed by atoms with Crippen molar-refractivity contribution in [3.8, 4) is 5.75 Å². The monoisotopic (exact) mass is 622 g/mol. The Labute approximate surface area is 239 Å². The molecular formula is C28H29BrCl2N2O5. The Morgan fingerprint density at radius 2 is 1.74 bits per heavy atom. The van der Waals surface area contributed by atoms with Crippen molar-refractivity contribution in [2.75, 3.05) is 5.45 Å². The zero-order valence-electron chi connectivity index (χ0n) is 21.0. The number of benzene rings is 1. The third kappa shape index (κ3) is 3.26. The largest absolute Gasteiger partial charge is 0.507 e. The summed E-state index contributed by atoms with van der Waals surface area (Å²) in [6.07, 6.45) is 6.87. The van der Waals surface area contributed by atoms with Crippen LogP contribution < -0.4 is 0 Å². The molecule has 0 radical (unpaired) electrons. The topological polar surface area (TPSA) is 95.0 Å². The molecule has 4 amide bonds. The molecule has 10 heteroatoms. The number of likely N-dealkylation sites (tertiary alicyclic amines) is 2. The van der Waals surface area contributed by atoms with Crippen molar-refractivity contribution in [3.05, 3.63) is 41.0 Å². The van der Waals surface area contributed by atoms with Gasteiger partial charge in [-0.05, 0) is 44.1 Å². The van der Waals surface area contributed by atoms with E-state index in [1.807, 2.05) is 6.08 Å². The van der Waals surface area contributed by atoms with Gasteiger partial charge in [0.05, 0.1) is 17.3 Å². The van der Waals surface area contributed by atoms with Crippen LogP contribution in [0.4, 0.5) is 0 Å². The molecule has 5 aliphatic rings. The normalized spacial score (nSPS) is 37.3. The summed E-state index contributed by atoms with van der Waals surface area (Å²) in [7, 11) is 0. The first-order valence-electron chi connectivity index (χ1n) is 13.2. The Morgan fingerprint density at radius 3 is 2.42 bits per heavy atom. The van der Waals surface area contributed by atoms with E-state index in [9.17, 15) is 24.3 Å². The van der Waals surface area contributed by atoms with Crippen LogP contribution in [0, 0.1) is 24.7 Å². The minimum atomic E-state index is -1.91. The van der Waals surface area contributed by atoms with E-state index in [1.165, 1.54) is 4.90 Å². The van der Waals surface area contributed by atoms with Gasteiger partial charge in [0.1, 0.15) is 5.75 Å². The summed E-state index contributed by atoms with van der Waals surface area (Å²) < 4.78 is 0. The molecule has 3 aliphatic carbocycles. The molecule has 6 atom stereocenters. The fourth-order valence-corrected chi connectivity index (χ4v) is 9.15. The van der Waals surface area contributed by atoms with E-state index in [-0.39, 0.29) is 35.5 Å². The average molecular weight is 624 g/mol. The van der Waals surface area contributed by atoms with Crippen molar-refractivity contribution in [2.24, 2.45) is 17.8 Å². The second-order valence-corrected chi connectivity index (χ2v) is 13.1. The summed E-state index contributed by atoms with van der Waals surface area (Å²) in [6, 6.07) is 5.09. The maximum absolute atomic E-state index is 14.0. The molecule has 6 rings (SSSR count). The Morgan fingerprint density at radius 1 is 1.03 bits per heavy atom. The molecule has 0 unspecified atom stereocenters. The molecule has 0 bridgehead atoms. The number of imide groups is 2. The van der Waals surface area contributed by atoms with E-state index in [2.05, 4.69) is 15.9 Å². The van der Waals surface area contributed by atoms with Crippen LogP contribution >= 0.6 is 39.1 Å². The van der Waals surface area contributed by atoms with Crippen molar-refractivity contribution in [1.29, 1.82) is 0 Å². The molecule has 1 aromatic carbocycles. The quantitative estimate of drug-likeness (QED) is 0.227. The van der Waals surface area contributed by atoms with Crippen molar-refractivity contribution in [1.82, 2.24) is 9.80 Å². The van der Waals surface area contributed by atoms with Gasteiger partial charge in [-0.1, -0.05) is 65.0 Å². The first kappa shape index (κ1) is 26.3. The van der Waals surface area contributed by atoms with Crippen LogP contribution in [-0.2, 0) is 19.2 Å². The van der Waals surface area contributed by atoms with Crippen molar-refractivity contribution in [3.63, 3.8) is 0 Å². The summed E-state index contributed by atoms with van der Waals surface area (Å²) in [6.45, 7) is 1.74. The number of allylic oxidation sites excluding steroid dienone is 2. The minimum Gasteiger partial charge on any atom is -0.507 e. The molecule has 2 saturated heterocycles. The van der Waals surface area contributed by atoms with Crippen molar-refractivity contribution in [2.45, 2.75) is 73.6 Å². The van der Waals surface area contributed by atoms with Crippen LogP contribution in [0.2, 0.25) is 0 Å². The Hall–Kier alpha value is -1.90. The molecule has 2 saturated carbocycles. The fourth-order valence-electron chi connectivity index (χ4n) is 7.74. The van der Waals surface area contributed by atoms with Gasteiger partial charge in [0.25, 0.3) is 11.8 Å². The number of para-hydroxylation sites is 1. The number of amides is 4. The number of alkyl halides is 3. The van der Waals surface area contributed by atoms with Gasteiger partial charge in [-0.25, -0.2) is 0 Å². The molecule has 2 heterocycles. The zero-order chi connectivity index (χ0) is 27.1. The van der Waals surface area contributed by atoms with Gasteiger partial charge >= 0.3 is 0 Å². The molecule has 4 fully saturated rings. The van der Waals surface area contributed by atoms with Gasteiger partial charge in [-0.3, -0.25) is 29.0 Å². The molecule has 2 aliphatic heterocycles. The van der Waals surface area contributed by atoms with E-state index in [0.717, 1.165) is 37.0 Å². The molecule has 1 N–H and O–H groups in total. The Kier molecular flexibility index (Phi) is 6.28. The molecule has 1 aromatic rings. The van der Waals surface area contributed by atoms with Gasteiger partial charge in [0.15, 0.2) is 9.75 Å². The van der Waals surface area contributed by atoms with Crippen LogP contribution in [0.5, 0.6) is 5.75 Å². The number of phenolic OH excluding ortho intramolecular Hbond substituents is 1. The summed E-state index contributed by atoms with van der Waals surface area (Å²) in [4.78, 5) is 53.8. The van der Waals surface area contributed by atoms with Crippen LogP contribution in [0.1, 0.15) is 62.0 Å². The SMILES string of the molecule is Cc1cccc([C@H]2C3=CC[C@@H]4C(=O)N(C5CCCCC5)C(=O)[C@@H]4[C@@H]3C[C@@]3(Cl)C(=O)N(CBr)C(=O)[C@@]23Cl)c1O. The Bertz CT molecular complexity index is 1300. The average Bonchev–Trinajstić information content (AvgIpc) is 3.24. The third-order valence-electron chi connectivity index (χ3n) is 9.57. The zero-order valence-corrected chi connectivity index (χ0v) is 24.1. The first-order chi connectivity index (χ1) is 18.1. The van der Waals surface area contributed by atoms with Crippen LogP contribution in [0.25, 0.3) is 0 Å². The number of aromatic hydroxyl groups is 1. The first-order valence-corrected chi connectivity index (χ1v) is 15.1. The van der Waals surface area contributed by atoms with Crippen LogP contribution in [-0.4, -0.2) is 59.8 Å². The van der Waals surface area contributed by atoms with E-state index >= 15 is 0 Å². The van der Waals surface area contributed by atoms with Gasteiger partial charge in [0, 0.05) is 17.5 Å². The van der Waals surface area contributed by atoms with Crippen molar-refractivity contribution < 1.29 is 24.3 Å². The van der Waals surface area contributed by atoms with E-state index < -0.39 is 45.2 Å². The van der Waals surface area contributed by atoms with Crippen molar-refractivity contribution >= 4 is 62.8 Å². The number of hydrogen-bond acceptors (Lipinski definition) is 5. The third-order valence-corrected chi connectivity index (χ3v) is 11.5. The van der Waals surface area contributed by atoms with Crippen LogP contribution in [0.3, 0.4) is 0 Å². The number of phenols is 1. The molecule has 0 aromatic heterocycles. The number of rotatable bonds is 3. The molecular weight excluding hydrogens is 595 g/mol. The lowest BCUT2D eigenvalue weighted by atomic mass is 9.56. The highest BCUT2D eigenvalue weighted by Crippen LogP contribution is 2.66.